The summed E-state index contributed by atoms with van der Waals surface area (Å²) in [5, 5.41) is 3.52. The number of hydrogen-bond acceptors (Lipinski definition) is 3. The van der Waals surface area contributed by atoms with Crippen LogP contribution in [0.25, 0.3) is 0 Å². The number of nitrogens with one attached hydrogen (secondary N) is 1. The molecule has 0 saturated carbocycles. The highest BCUT2D eigenvalue weighted by atomic mass is 16.5. The topological polar surface area (TPSA) is 24.5 Å². The van der Waals surface area contributed by atoms with Crippen molar-refractivity contribution in [2.45, 2.75) is 58.1 Å². The SMILES string of the molecule is CC(C)N(C)CCCNCCCC1CCCO1. The van der Waals surface area contributed by atoms with Gasteiger partial charge in [-0.2, -0.15) is 0 Å². The average molecular weight is 242 g/mol. The minimum atomic E-state index is 0.559. The van der Waals surface area contributed by atoms with Gasteiger partial charge in [0.2, 0.25) is 0 Å². The normalized spacial score (nSPS) is 20.6. The molecule has 0 radical (unpaired) electrons. The Labute approximate surface area is 107 Å². The van der Waals surface area contributed by atoms with Gasteiger partial charge in [0, 0.05) is 12.6 Å². The molecule has 0 amide bonds. The lowest BCUT2D eigenvalue weighted by atomic mass is 10.1. The summed E-state index contributed by atoms with van der Waals surface area (Å²) in [6.07, 6.45) is 6.83. The minimum Gasteiger partial charge on any atom is -0.378 e. The highest BCUT2D eigenvalue weighted by Crippen LogP contribution is 2.16. The molecule has 1 N–H and O–H groups in total. The predicted octanol–water partition coefficient (Wildman–Crippen LogP) is 2.27. The Bertz CT molecular complexity index is 173. The van der Waals surface area contributed by atoms with Gasteiger partial charge in [0.25, 0.3) is 0 Å². The van der Waals surface area contributed by atoms with Crippen LogP contribution >= 0.6 is 0 Å². The predicted molar refractivity (Wildman–Crippen MR) is 73.5 cm³/mol. The van der Waals surface area contributed by atoms with E-state index in [9.17, 15) is 0 Å². The van der Waals surface area contributed by atoms with E-state index in [4.69, 9.17) is 4.74 Å². The molecule has 102 valence electrons. The fourth-order valence-corrected chi connectivity index (χ4v) is 2.16. The molecule has 0 aromatic carbocycles. The zero-order valence-electron chi connectivity index (χ0n) is 11.9. The second kappa shape index (κ2) is 8.90. The van der Waals surface area contributed by atoms with Crippen LogP contribution in [0.5, 0.6) is 0 Å². The molecule has 1 rings (SSSR count). The van der Waals surface area contributed by atoms with Crippen molar-refractivity contribution >= 4 is 0 Å². The maximum Gasteiger partial charge on any atom is 0.0576 e. The van der Waals surface area contributed by atoms with E-state index in [-0.39, 0.29) is 0 Å². The molecule has 1 fully saturated rings. The van der Waals surface area contributed by atoms with Crippen LogP contribution in [0.15, 0.2) is 0 Å². The molecule has 1 aliphatic heterocycles. The van der Waals surface area contributed by atoms with Crippen molar-refractivity contribution < 1.29 is 4.74 Å². The maximum atomic E-state index is 5.60. The van der Waals surface area contributed by atoms with E-state index in [1.807, 2.05) is 0 Å². The van der Waals surface area contributed by atoms with Gasteiger partial charge in [0.15, 0.2) is 0 Å². The summed E-state index contributed by atoms with van der Waals surface area (Å²) in [5.41, 5.74) is 0. The lowest BCUT2D eigenvalue weighted by Crippen LogP contribution is -2.29. The molecule has 3 nitrogen and oxygen atoms in total. The average Bonchev–Trinajstić information content (AvgIpc) is 2.80. The molecule has 17 heavy (non-hydrogen) atoms. The molecule has 1 saturated heterocycles. The zero-order valence-corrected chi connectivity index (χ0v) is 11.9. The molecule has 0 spiro atoms. The third kappa shape index (κ3) is 7.02. The Balaban J connectivity index is 1.81. The van der Waals surface area contributed by atoms with Crippen molar-refractivity contribution in [3.05, 3.63) is 0 Å². The van der Waals surface area contributed by atoms with E-state index in [2.05, 4.69) is 31.1 Å². The zero-order chi connectivity index (χ0) is 12.5. The number of hydrogen-bond donors (Lipinski definition) is 1. The first-order chi connectivity index (χ1) is 8.20. The fraction of sp³-hybridized carbons (Fsp3) is 1.00. The van der Waals surface area contributed by atoms with Crippen molar-refractivity contribution in [1.82, 2.24) is 10.2 Å². The summed E-state index contributed by atoms with van der Waals surface area (Å²) in [7, 11) is 2.20. The Morgan fingerprint density at radius 3 is 2.71 bits per heavy atom. The van der Waals surface area contributed by atoms with E-state index in [0.29, 0.717) is 12.1 Å². The summed E-state index contributed by atoms with van der Waals surface area (Å²) >= 11 is 0. The van der Waals surface area contributed by atoms with E-state index in [1.165, 1.54) is 38.6 Å². The van der Waals surface area contributed by atoms with Crippen LogP contribution in [-0.2, 0) is 4.74 Å². The van der Waals surface area contributed by atoms with Crippen LogP contribution in [0.3, 0.4) is 0 Å². The van der Waals surface area contributed by atoms with Crippen LogP contribution in [-0.4, -0.2) is 50.3 Å². The van der Waals surface area contributed by atoms with Crippen LogP contribution in [0.4, 0.5) is 0 Å². The smallest absolute Gasteiger partial charge is 0.0576 e. The number of ether oxygens (including phenoxy) is 1. The molecule has 1 unspecified atom stereocenters. The van der Waals surface area contributed by atoms with Crippen molar-refractivity contribution in [2.24, 2.45) is 0 Å². The molecular weight excluding hydrogens is 212 g/mol. The van der Waals surface area contributed by atoms with Crippen molar-refractivity contribution in [1.29, 1.82) is 0 Å². The first-order valence-corrected chi connectivity index (χ1v) is 7.22. The van der Waals surface area contributed by atoms with Gasteiger partial charge in [-0.1, -0.05) is 0 Å². The van der Waals surface area contributed by atoms with Crippen LogP contribution in [0.1, 0.15) is 46.0 Å². The highest BCUT2D eigenvalue weighted by molar-refractivity contribution is 4.65. The van der Waals surface area contributed by atoms with Gasteiger partial charge in [-0.05, 0) is 72.6 Å². The highest BCUT2D eigenvalue weighted by Gasteiger charge is 2.14. The van der Waals surface area contributed by atoms with Gasteiger partial charge in [-0.15, -0.1) is 0 Å². The minimum absolute atomic E-state index is 0.559. The van der Waals surface area contributed by atoms with E-state index < -0.39 is 0 Å². The van der Waals surface area contributed by atoms with Gasteiger partial charge < -0.3 is 15.0 Å². The molecule has 0 aromatic rings. The monoisotopic (exact) mass is 242 g/mol. The van der Waals surface area contributed by atoms with Crippen molar-refractivity contribution in [3.8, 4) is 0 Å². The Morgan fingerprint density at radius 1 is 1.29 bits per heavy atom. The Hall–Kier alpha value is -0.120. The van der Waals surface area contributed by atoms with Crippen LogP contribution < -0.4 is 5.32 Å². The molecule has 1 atom stereocenters. The molecule has 1 aliphatic rings. The molecule has 3 heteroatoms. The maximum absolute atomic E-state index is 5.60. The summed E-state index contributed by atoms with van der Waals surface area (Å²) in [6.45, 7) is 8.95. The van der Waals surface area contributed by atoms with E-state index >= 15 is 0 Å². The summed E-state index contributed by atoms with van der Waals surface area (Å²) in [5.74, 6) is 0. The van der Waals surface area contributed by atoms with Gasteiger partial charge in [0.1, 0.15) is 0 Å². The third-order valence-corrected chi connectivity index (χ3v) is 3.65. The Kier molecular flexibility index (Phi) is 7.82. The second-order valence-corrected chi connectivity index (χ2v) is 5.46. The third-order valence-electron chi connectivity index (χ3n) is 3.65. The first kappa shape index (κ1) is 14.9. The first-order valence-electron chi connectivity index (χ1n) is 7.22. The van der Waals surface area contributed by atoms with Gasteiger partial charge in [0.05, 0.1) is 6.10 Å². The standard InChI is InChI=1S/C14H30N2O/c1-13(2)16(3)11-6-10-15-9-4-7-14-8-5-12-17-14/h13-15H,4-12H2,1-3H3. The molecule has 0 aromatic heterocycles. The number of nitrogens with zero attached hydrogens (tertiary/aromatic N) is 1. The summed E-state index contributed by atoms with van der Waals surface area (Å²) in [4.78, 5) is 2.40. The second-order valence-electron chi connectivity index (χ2n) is 5.46. The van der Waals surface area contributed by atoms with Crippen molar-refractivity contribution in [3.63, 3.8) is 0 Å². The molecular formula is C14H30N2O. The molecule has 0 bridgehead atoms. The quantitative estimate of drug-likeness (QED) is 0.628. The summed E-state index contributed by atoms with van der Waals surface area (Å²) in [6, 6.07) is 0.662. The Morgan fingerprint density at radius 2 is 2.06 bits per heavy atom. The van der Waals surface area contributed by atoms with E-state index in [0.717, 1.165) is 19.7 Å². The fourth-order valence-electron chi connectivity index (χ4n) is 2.16. The van der Waals surface area contributed by atoms with Gasteiger partial charge in [-0.3, -0.25) is 0 Å². The van der Waals surface area contributed by atoms with Gasteiger partial charge >= 0.3 is 0 Å². The van der Waals surface area contributed by atoms with E-state index in [1.54, 1.807) is 0 Å². The summed E-state index contributed by atoms with van der Waals surface area (Å²) < 4.78 is 5.60. The van der Waals surface area contributed by atoms with Crippen molar-refractivity contribution in [2.75, 3.05) is 33.3 Å². The van der Waals surface area contributed by atoms with Crippen LogP contribution in [0, 0.1) is 0 Å². The molecule has 1 heterocycles. The number of rotatable bonds is 9. The molecule has 0 aliphatic carbocycles. The lowest BCUT2D eigenvalue weighted by molar-refractivity contribution is 0.102. The van der Waals surface area contributed by atoms with Gasteiger partial charge in [-0.25, -0.2) is 0 Å². The largest absolute Gasteiger partial charge is 0.378 e. The lowest BCUT2D eigenvalue weighted by Gasteiger charge is -2.20. The van der Waals surface area contributed by atoms with Crippen LogP contribution in [0.2, 0.25) is 0 Å².